The molecule has 3 aromatic carbocycles. The molecule has 3 aromatic rings. The summed E-state index contributed by atoms with van der Waals surface area (Å²) in [6.07, 6.45) is 3.56. The van der Waals surface area contributed by atoms with Crippen LogP contribution in [0.5, 0.6) is 5.75 Å². The number of hydrogen-bond donors (Lipinski definition) is 1. The van der Waals surface area contributed by atoms with Gasteiger partial charge in [-0.15, -0.1) is 0 Å². The van der Waals surface area contributed by atoms with E-state index >= 15 is 0 Å². The lowest BCUT2D eigenvalue weighted by Gasteiger charge is -2.11. The first-order valence-electron chi connectivity index (χ1n) is 9.45. The molecule has 0 saturated heterocycles. The van der Waals surface area contributed by atoms with Gasteiger partial charge >= 0.3 is 0 Å². The summed E-state index contributed by atoms with van der Waals surface area (Å²) in [5.41, 5.74) is 1.98. The molecule has 1 aliphatic carbocycles. The van der Waals surface area contributed by atoms with Gasteiger partial charge in [-0.05, 0) is 68.9 Å². The van der Waals surface area contributed by atoms with Gasteiger partial charge in [0.05, 0.1) is 4.47 Å². The summed E-state index contributed by atoms with van der Waals surface area (Å²) < 4.78 is 6.78. The van der Waals surface area contributed by atoms with Crippen LogP contribution in [-0.2, 0) is 11.4 Å². The van der Waals surface area contributed by atoms with Gasteiger partial charge in [-0.2, -0.15) is 5.26 Å². The standard InChI is InChI=1S/C24H19BrN2O2/c25-22-13-16(12-19(14-26)24(28)27-20-9-10-20)8-11-23(22)29-15-18-6-3-5-17-4-1-2-7-21(17)18/h1-8,11-13,20H,9-10,15H2,(H,27,28)/b19-12+. The van der Waals surface area contributed by atoms with Crippen molar-refractivity contribution in [1.82, 2.24) is 5.32 Å². The topological polar surface area (TPSA) is 62.1 Å². The van der Waals surface area contributed by atoms with Gasteiger partial charge in [0.1, 0.15) is 24.0 Å². The number of nitrogens with zero attached hydrogens (tertiary/aromatic N) is 1. The fourth-order valence-corrected chi connectivity index (χ4v) is 3.61. The summed E-state index contributed by atoms with van der Waals surface area (Å²) in [6.45, 7) is 0.447. The smallest absolute Gasteiger partial charge is 0.262 e. The molecule has 0 unspecified atom stereocenters. The zero-order chi connectivity index (χ0) is 20.2. The quantitative estimate of drug-likeness (QED) is 0.409. The van der Waals surface area contributed by atoms with E-state index in [0.717, 1.165) is 28.4 Å². The summed E-state index contributed by atoms with van der Waals surface area (Å²) in [6, 6.07) is 22.1. The second-order valence-electron chi connectivity index (χ2n) is 7.03. The van der Waals surface area contributed by atoms with Crippen molar-refractivity contribution in [2.45, 2.75) is 25.5 Å². The Hall–Kier alpha value is -3.10. The number of fused-ring (bicyclic) bond motifs is 1. The minimum atomic E-state index is -0.317. The van der Waals surface area contributed by atoms with Crippen molar-refractivity contribution < 1.29 is 9.53 Å². The Bertz CT molecular complexity index is 1140. The molecule has 1 amide bonds. The third-order valence-corrected chi connectivity index (χ3v) is 5.43. The van der Waals surface area contributed by atoms with E-state index < -0.39 is 0 Å². The molecule has 1 aliphatic rings. The molecule has 0 aromatic heterocycles. The highest BCUT2D eigenvalue weighted by Gasteiger charge is 2.24. The Morgan fingerprint density at radius 3 is 2.72 bits per heavy atom. The summed E-state index contributed by atoms with van der Waals surface area (Å²) in [5, 5.41) is 14.5. The second-order valence-corrected chi connectivity index (χ2v) is 7.89. The Balaban J connectivity index is 1.49. The third-order valence-electron chi connectivity index (χ3n) is 4.81. The van der Waals surface area contributed by atoms with E-state index in [4.69, 9.17) is 4.74 Å². The van der Waals surface area contributed by atoms with Crippen molar-refractivity contribution in [1.29, 1.82) is 5.26 Å². The summed E-state index contributed by atoms with van der Waals surface area (Å²) in [4.78, 5) is 12.1. The minimum absolute atomic E-state index is 0.105. The lowest BCUT2D eigenvalue weighted by atomic mass is 10.1. The minimum Gasteiger partial charge on any atom is -0.488 e. The molecule has 0 radical (unpaired) electrons. The van der Waals surface area contributed by atoms with Crippen LogP contribution in [-0.4, -0.2) is 11.9 Å². The number of carbonyl (C=O) groups is 1. The van der Waals surface area contributed by atoms with Gasteiger partial charge < -0.3 is 10.1 Å². The van der Waals surface area contributed by atoms with Gasteiger partial charge in [-0.1, -0.05) is 48.5 Å². The number of halogens is 1. The fourth-order valence-electron chi connectivity index (χ4n) is 3.10. The zero-order valence-electron chi connectivity index (χ0n) is 15.7. The van der Waals surface area contributed by atoms with Crippen molar-refractivity contribution in [2.75, 3.05) is 0 Å². The Morgan fingerprint density at radius 1 is 1.17 bits per heavy atom. The number of amides is 1. The maximum Gasteiger partial charge on any atom is 0.262 e. The first-order chi connectivity index (χ1) is 14.1. The maximum absolute atomic E-state index is 12.1. The van der Waals surface area contributed by atoms with Crippen LogP contribution in [0.4, 0.5) is 0 Å². The molecule has 144 valence electrons. The molecule has 5 heteroatoms. The molecule has 0 spiro atoms. The molecule has 1 fully saturated rings. The highest BCUT2D eigenvalue weighted by atomic mass is 79.9. The molecule has 0 atom stereocenters. The predicted molar refractivity (Wildman–Crippen MR) is 117 cm³/mol. The van der Waals surface area contributed by atoms with Crippen LogP contribution in [0.25, 0.3) is 16.8 Å². The molecule has 4 nitrogen and oxygen atoms in total. The number of nitriles is 1. The van der Waals surface area contributed by atoms with E-state index in [9.17, 15) is 10.1 Å². The lowest BCUT2D eigenvalue weighted by molar-refractivity contribution is -0.117. The zero-order valence-corrected chi connectivity index (χ0v) is 17.3. The Kier molecular flexibility index (Phi) is 5.64. The van der Waals surface area contributed by atoms with Crippen LogP contribution in [0.3, 0.4) is 0 Å². The number of rotatable bonds is 6. The van der Waals surface area contributed by atoms with Crippen LogP contribution in [0.2, 0.25) is 0 Å². The number of nitrogens with one attached hydrogen (secondary N) is 1. The Morgan fingerprint density at radius 2 is 1.97 bits per heavy atom. The van der Waals surface area contributed by atoms with E-state index in [1.807, 2.05) is 42.5 Å². The van der Waals surface area contributed by atoms with Crippen molar-refractivity contribution >= 4 is 38.7 Å². The number of benzene rings is 3. The van der Waals surface area contributed by atoms with E-state index in [1.54, 1.807) is 6.08 Å². The summed E-state index contributed by atoms with van der Waals surface area (Å²) in [7, 11) is 0. The highest BCUT2D eigenvalue weighted by Crippen LogP contribution is 2.29. The SMILES string of the molecule is N#C/C(=C\c1ccc(OCc2cccc3ccccc23)c(Br)c1)C(=O)NC1CC1. The summed E-state index contributed by atoms with van der Waals surface area (Å²) in [5.74, 6) is 0.387. The van der Waals surface area contributed by atoms with Gasteiger partial charge in [-0.25, -0.2) is 0 Å². The summed E-state index contributed by atoms with van der Waals surface area (Å²) >= 11 is 3.53. The fraction of sp³-hybridized carbons (Fsp3) is 0.167. The molecule has 1 N–H and O–H groups in total. The van der Waals surface area contributed by atoms with Crippen molar-refractivity contribution in [3.8, 4) is 11.8 Å². The van der Waals surface area contributed by atoms with Gasteiger partial charge in [0.15, 0.2) is 0 Å². The first kappa shape index (κ1) is 19.2. The third kappa shape index (κ3) is 4.67. The van der Waals surface area contributed by atoms with Crippen molar-refractivity contribution in [3.05, 3.63) is 81.8 Å². The normalized spacial score (nSPS) is 13.7. The van der Waals surface area contributed by atoms with E-state index in [2.05, 4.69) is 45.5 Å². The molecular formula is C24H19BrN2O2. The molecule has 0 heterocycles. The molecule has 4 rings (SSSR count). The van der Waals surface area contributed by atoms with Crippen LogP contribution >= 0.6 is 15.9 Å². The van der Waals surface area contributed by atoms with E-state index in [1.165, 1.54) is 10.8 Å². The predicted octanol–water partition coefficient (Wildman–Crippen LogP) is 5.37. The van der Waals surface area contributed by atoms with Crippen LogP contribution < -0.4 is 10.1 Å². The average Bonchev–Trinajstić information content (AvgIpc) is 3.55. The molecule has 1 saturated carbocycles. The van der Waals surface area contributed by atoms with Gasteiger partial charge in [0.25, 0.3) is 5.91 Å². The van der Waals surface area contributed by atoms with Crippen LogP contribution in [0.15, 0.2) is 70.7 Å². The average molecular weight is 447 g/mol. The van der Waals surface area contributed by atoms with Gasteiger partial charge in [-0.3, -0.25) is 4.79 Å². The van der Waals surface area contributed by atoms with Crippen molar-refractivity contribution in [2.24, 2.45) is 0 Å². The first-order valence-corrected chi connectivity index (χ1v) is 10.2. The highest BCUT2D eigenvalue weighted by molar-refractivity contribution is 9.10. The largest absolute Gasteiger partial charge is 0.488 e. The molecule has 0 aliphatic heterocycles. The lowest BCUT2D eigenvalue weighted by Crippen LogP contribution is -2.26. The van der Waals surface area contributed by atoms with E-state index in [0.29, 0.717) is 12.4 Å². The molecular weight excluding hydrogens is 428 g/mol. The Labute approximate surface area is 177 Å². The maximum atomic E-state index is 12.1. The van der Waals surface area contributed by atoms with E-state index in [-0.39, 0.29) is 17.5 Å². The number of ether oxygens (including phenoxy) is 1. The number of hydrogen-bond acceptors (Lipinski definition) is 3. The number of carbonyl (C=O) groups excluding carboxylic acids is 1. The van der Waals surface area contributed by atoms with Crippen LogP contribution in [0, 0.1) is 11.3 Å². The molecule has 0 bridgehead atoms. The van der Waals surface area contributed by atoms with Gasteiger partial charge in [0, 0.05) is 6.04 Å². The second kappa shape index (κ2) is 8.50. The molecule has 29 heavy (non-hydrogen) atoms. The van der Waals surface area contributed by atoms with Crippen molar-refractivity contribution in [3.63, 3.8) is 0 Å². The van der Waals surface area contributed by atoms with Gasteiger partial charge in [0.2, 0.25) is 0 Å². The monoisotopic (exact) mass is 446 g/mol. The van der Waals surface area contributed by atoms with Crippen LogP contribution in [0.1, 0.15) is 24.0 Å².